The quantitative estimate of drug-likeness (QED) is 0.759. The number of amides is 2. The number of halogens is 1. The molecule has 0 atom stereocenters. The number of fused-ring (bicyclic) bond motifs is 1. The first-order valence-electron chi connectivity index (χ1n) is 8.87. The normalized spacial score (nSPS) is 13.1. The molecule has 0 fully saturated rings. The molecule has 2 aromatic carbocycles. The first kappa shape index (κ1) is 17.8. The molecule has 1 aliphatic rings. The Morgan fingerprint density at radius 1 is 1.04 bits per heavy atom. The third-order valence-corrected chi connectivity index (χ3v) is 4.61. The van der Waals surface area contributed by atoms with Crippen LogP contribution in [0.15, 0.2) is 48.5 Å². The minimum atomic E-state index is -0.528. The van der Waals surface area contributed by atoms with Gasteiger partial charge in [0, 0.05) is 31.3 Å². The Morgan fingerprint density at radius 3 is 2.50 bits per heavy atom. The zero-order valence-electron chi connectivity index (χ0n) is 15.2. The number of carbonyl (C=O) groups excluding carboxylic acids is 2. The Labute approximate surface area is 160 Å². The van der Waals surface area contributed by atoms with Gasteiger partial charge in [0.15, 0.2) is 11.6 Å². The van der Waals surface area contributed by atoms with E-state index in [1.165, 1.54) is 19.1 Å². The second-order valence-corrected chi connectivity index (χ2v) is 6.56. The molecule has 0 aliphatic carbocycles. The average molecular weight is 379 g/mol. The minimum Gasteiger partial charge on any atom is -0.329 e. The largest absolute Gasteiger partial charge is 0.329 e. The van der Waals surface area contributed by atoms with Crippen molar-refractivity contribution in [3.05, 3.63) is 65.7 Å². The lowest BCUT2D eigenvalue weighted by atomic mass is 10.1. The SMILES string of the molecule is CC(=O)Nc1ccc(-c2nnc3n2CCN(C(=O)c2ccccc2F)C3)cc1. The second kappa shape index (κ2) is 7.22. The molecule has 28 heavy (non-hydrogen) atoms. The number of aromatic nitrogens is 3. The minimum absolute atomic E-state index is 0.0595. The molecule has 0 bridgehead atoms. The van der Waals surface area contributed by atoms with E-state index in [0.29, 0.717) is 30.4 Å². The van der Waals surface area contributed by atoms with E-state index in [4.69, 9.17) is 0 Å². The van der Waals surface area contributed by atoms with E-state index in [9.17, 15) is 14.0 Å². The highest BCUT2D eigenvalue weighted by Gasteiger charge is 2.26. The summed E-state index contributed by atoms with van der Waals surface area (Å²) in [5, 5.41) is 11.2. The van der Waals surface area contributed by atoms with Crippen molar-refractivity contribution in [2.75, 3.05) is 11.9 Å². The van der Waals surface area contributed by atoms with Crippen LogP contribution in [0.3, 0.4) is 0 Å². The van der Waals surface area contributed by atoms with Crippen LogP contribution in [0.2, 0.25) is 0 Å². The lowest BCUT2D eigenvalue weighted by Gasteiger charge is -2.28. The van der Waals surface area contributed by atoms with Crippen molar-refractivity contribution in [3.63, 3.8) is 0 Å². The van der Waals surface area contributed by atoms with E-state index < -0.39 is 5.82 Å². The summed E-state index contributed by atoms with van der Waals surface area (Å²) in [6, 6.07) is 13.3. The van der Waals surface area contributed by atoms with Crippen LogP contribution in [0.5, 0.6) is 0 Å². The van der Waals surface area contributed by atoms with Crippen LogP contribution in [-0.4, -0.2) is 38.0 Å². The van der Waals surface area contributed by atoms with Gasteiger partial charge in [-0.25, -0.2) is 4.39 Å². The molecule has 4 rings (SSSR count). The van der Waals surface area contributed by atoms with Crippen LogP contribution in [0.4, 0.5) is 10.1 Å². The van der Waals surface area contributed by atoms with Crippen LogP contribution in [0.1, 0.15) is 23.1 Å². The Kier molecular flexibility index (Phi) is 4.60. The molecule has 2 amide bonds. The van der Waals surface area contributed by atoms with Crippen molar-refractivity contribution in [1.29, 1.82) is 0 Å². The maximum Gasteiger partial charge on any atom is 0.257 e. The zero-order valence-corrected chi connectivity index (χ0v) is 15.2. The van der Waals surface area contributed by atoms with E-state index in [0.717, 1.165) is 5.56 Å². The highest BCUT2D eigenvalue weighted by atomic mass is 19.1. The molecule has 142 valence electrons. The van der Waals surface area contributed by atoms with Gasteiger partial charge in [0.05, 0.1) is 12.1 Å². The monoisotopic (exact) mass is 379 g/mol. The van der Waals surface area contributed by atoms with Gasteiger partial charge < -0.3 is 14.8 Å². The summed E-state index contributed by atoms with van der Waals surface area (Å²) < 4.78 is 15.9. The second-order valence-electron chi connectivity index (χ2n) is 6.56. The molecular weight excluding hydrogens is 361 g/mol. The molecule has 1 aliphatic heterocycles. The molecule has 0 unspecified atom stereocenters. The predicted molar refractivity (Wildman–Crippen MR) is 101 cm³/mol. The maximum absolute atomic E-state index is 13.9. The van der Waals surface area contributed by atoms with Gasteiger partial charge in [-0.1, -0.05) is 12.1 Å². The summed E-state index contributed by atoms with van der Waals surface area (Å²) in [6.45, 7) is 2.68. The van der Waals surface area contributed by atoms with E-state index >= 15 is 0 Å². The van der Waals surface area contributed by atoms with Gasteiger partial charge in [0.1, 0.15) is 5.82 Å². The van der Waals surface area contributed by atoms with E-state index in [1.807, 2.05) is 16.7 Å². The van der Waals surface area contributed by atoms with Crippen LogP contribution in [-0.2, 0) is 17.9 Å². The number of hydrogen-bond donors (Lipinski definition) is 1. The number of carbonyl (C=O) groups is 2. The van der Waals surface area contributed by atoms with Gasteiger partial charge in [-0.15, -0.1) is 10.2 Å². The van der Waals surface area contributed by atoms with Crippen LogP contribution in [0.25, 0.3) is 11.4 Å². The van der Waals surface area contributed by atoms with Crippen LogP contribution in [0, 0.1) is 5.82 Å². The lowest BCUT2D eigenvalue weighted by Crippen LogP contribution is -2.38. The van der Waals surface area contributed by atoms with Gasteiger partial charge in [-0.3, -0.25) is 9.59 Å². The molecule has 1 N–H and O–H groups in total. The van der Waals surface area contributed by atoms with Crippen molar-refractivity contribution in [2.24, 2.45) is 0 Å². The summed E-state index contributed by atoms with van der Waals surface area (Å²) in [7, 11) is 0. The number of nitrogens with zero attached hydrogens (tertiary/aromatic N) is 4. The topological polar surface area (TPSA) is 80.1 Å². The molecule has 2 heterocycles. The first-order chi connectivity index (χ1) is 13.5. The molecule has 0 saturated carbocycles. The van der Waals surface area contributed by atoms with Crippen molar-refractivity contribution in [2.45, 2.75) is 20.0 Å². The highest BCUT2D eigenvalue weighted by Crippen LogP contribution is 2.24. The van der Waals surface area contributed by atoms with Crippen molar-refractivity contribution < 1.29 is 14.0 Å². The summed E-state index contributed by atoms with van der Waals surface area (Å²) in [6.07, 6.45) is 0. The summed E-state index contributed by atoms with van der Waals surface area (Å²) >= 11 is 0. The Bertz CT molecular complexity index is 1050. The average Bonchev–Trinajstić information content (AvgIpc) is 3.11. The maximum atomic E-state index is 13.9. The predicted octanol–water partition coefficient (Wildman–Crippen LogP) is 2.70. The first-order valence-corrected chi connectivity index (χ1v) is 8.87. The highest BCUT2D eigenvalue weighted by molar-refractivity contribution is 5.94. The van der Waals surface area contributed by atoms with Gasteiger partial charge >= 0.3 is 0 Å². The Morgan fingerprint density at radius 2 is 1.79 bits per heavy atom. The summed E-state index contributed by atoms with van der Waals surface area (Å²) in [4.78, 5) is 25.3. The molecule has 0 radical (unpaired) electrons. The molecule has 3 aromatic rings. The van der Waals surface area contributed by atoms with Crippen molar-refractivity contribution >= 4 is 17.5 Å². The molecule has 0 spiro atoms. The van der Waals surface area contributed by atoms with Crippen molar-refractivity contribution in [3.8, 4) is 11.4 Å². The Hall–Kier alpha value is -3.55. The number of benzene rings is 2. The van der Waals surface area contributed by atoms with Crippen molar-refractivity contribution in [1.82, 2.24) is 19.7 Å². The standard InChI is InChI=1S/C20H18FN5O2/c1-13(27)22-15-8-6-14(7-9-15)19-24-23-18-12-25(10-11-26(18)19)20(28)16-4-2-3-5-17(16)21/h2-9H,10-12H2,1H3,(H,22,27). The molecule has 0 saturated heterocycles. The molecule has 1 aromatic heterocycles. The third kappa shape index (κ3) is 3.36. The van der Waals surface area contributed by atoms with Crippen LogP contribution < -0.4 is 5.32 Å². The molecule has 8 heteroatoms. The van der Waals surface area contributed by atoms with E-state index in [-0.39, 0.29) is 23.9 Å². The van der Waals surface area contributed by atoms with E-state index in [1.54, 1.807) is 29.2 Å². The van der Waals surface area contributed by atoms with Crippen LogP contribution >= 0.6 is 0 Å². The number of anilines is 1. The fourth-order valence-electron chi connectivity index (χ4n) is 3.26. The zero-order chi connectivity index (χ0) is 19.7. The molecule has 7 nitrogen and oxygen atoms in total. The number of rotatable bonds is 3. The number of nitrogens with one attached hydrogen (secondary N) is 1. The van der Waals surface area contributed by atoms with Gasteiger partial charge in [0.25, 0.3) is 5.91 Å². The fraction of sp³-hybridized carbons (Fsp3) is 0.200. The summed E-state index contributed by atoms with van der Waals surface area (Å²) in [5.74, 6) is 0.333. The van der Waals surface area contributed by atoms with E-state index in [2.05, 4.69) is 15.5 Å². The number of hydrogen-bond acceptors (Lipinski definition) is 4. The molecular formula is C20H18FN5O2. The van der Waals surface area contributed by atoms with Gasteiger partial charge in [-0.2, -0.15) is 0 Å². The fourth-order valence-corrected chi connectivity index (χ4v) is 3.26. The Balaban J connectivity index is 1.54. The third-order valence-electron chi connectivity index (χ3n) is 4.61. The van der Waals surface area contributed by atoms with Gasteiger partial charge in [0.2, 0.25) is 5.91 Å². The van der Waals surface area contributed by atoms with Gasteiger partial charge in [-0.05, 0) is 36.4 Å². The lowest BCUT2D eigenvalue weighted by molar-refractivity contribution is -0.114. The summed E-state index contributed by atoms with van der Waals surface area (Å²) in [5.41, 5.74) is 1.63. The smallest absolute Gasteiger partial charge is 0.257 e.